The lowest BCUT2D eigenvalue weighted by Crippen LogP contribution is -2.43. The van der Waals surface area contributed by atoms with Crippen molar-refractivity contribution in [1.82, 2.24) is 14.7 Å². The van der Waals surface area contributed by atoms with E-state index in [1.165, 1.54) is 0 Å². The van der Waals surface area contributed by atoms with Crippen molar-refractivity contribution < 1.29 is 9.59 Å². The second-order valence-corrected chi connectivity index (χ2v) is 5.85. The maximum atomic E-state index is 12.5. The minimum absolute atomic E-state index is 0.0279. The van der Waals surface area contributed by atoms with Crippen molar-refractivity contribution in [2.45, 2.75) is 12.8 Å². The van der Waals surface area contributed by atoms with Crippen LogP contribution < -0.4 is 5.32 Å². The molecule has 1 fully saturated rings. The number of para-hydroxylation sites is 1. The number of rotatable bonds is 3. The molecule has 120 valence electrons. The Balaban J connectivity index is 1.63. The van der Waals surface area contributed by atoms with Gasteiger partial charge in [0.15, 0.2) is 0 Å². The number of anilines is 1. The lowest BCUT2D eigenvalue weighted by molar-refractivity contribution is -0.121. The van der Waals surface area contributed by atoms with Gasteiger partial charge in [0.05, 0.1) is 17.7 Å². The van der Waals surface area contributed by atoms with Gasteiger partial charge in [0.1, 0.15) is 0 Å². The Kier molecular flexibility index (Phi) is 4.41. The zero-order valence-electron chi connectivity index (χ0n) is 13.1. The summed E-state index contributed by atoms with van der Waals surface area (Å²) < 4.78 is 1.61. The van der Waals surface area contributed by atoms with E-state index in [4.69, 9.17) is 0 Å². The zero-order valence-corrected chi connectivity index (χ0v) is 13.1. The van der Waals surface area contributed by atoms with Crippen LogP contribution in [0, 0.1) is 5.92 Å². The fourth-order valence-electron chi connectivity index (χ4n) is 2.86. The second-order valence-electron chi connectivity index (χ2n) is 5.85. The molecule has 0 radical (unpaired) electrons. The third-order valence-corrected chi connectivity index (χ3v) is 4.07. The summed E-state index contributed by atoms with van der Waals surface area (Å²) in [5.74, 6) is -0.264. The maximum absolute atomic E-state index is 12.5. The normalized spacial score (nSPS) is 17.8. The summed E-state index contributed by atoms with van der Waals surface area (Å²) in [5, 5.41) is 6.95. The van der Waals surface area contributed by atoms with Gasteiger partial charge < -0.3 is 10.2 Å². The van der Waals surface area contributed by atoms with Gasteiger partial charge in [0.2, 0.25) is 5.91 Å². The van der Waals surface area contributed by atoms with Crippen LogP contribution in [-0.4, -0.2) is 39.6 Å². The summed E-state index contributed by atoms with van der Waals surface area (Å²) in [6.45, 7) is 1.13. The van der Waals surface area contributed by atoms with E-state index in [1.807, 2.05) is 30.3 Å². The third-order valence-electron chi connectivity index (χ3n) is 4.07. The first-order valence-electron chi connectivity index (χ1n) is 7.77. The summed E-state index contributed by atoms with van der Waals surface area (Å²) in [6, 6.07) is 9.40. The fourth-order valence-corrected chi connectivity index (χ4v) is 2.86. The smallest absolute Gasteiger partial charge is 0.257 e. The van der Waals surface area contributed by atoms with Crippen LogP contribution in [0.15, 0.2) is 42.7 Å². The average Bonchev–Trinajstić information content (AvgIpc) is 3.01. The molecule has 0 spiro atoms. The van der Waals surface area contributed by atoms with Crippen LogP contribution in [0.3, 0.4) is 0 Å². The first-order chi connectivity index (χ1) is 11.1. The highest BCUT2D eigenvalue weighted by atomic mass is 16.2. The molecule has 0 unspecified atom stereocenters. The highest BCUT2D eigenvalue weighted by molar-refractivity contribution is 5.96. The summed E-state index contributed by atoms with van der Waals surface area (Å²) in [4.78, 5) is 26.6. The topological polar surface area (TPSA) is 67.2 Å². The molecule has 2 aromatic rings. The molecule has 1 aromatic heterocycles. The molecular formula is C17H20N4O2. The Morgan fingerprint density at radius 1 is 1.26 bits per heavy atom. The van der Waals surface area contributed by atoms with Crippen LogP contribution in [0.25, 0.3) is 0 Å². The van der Waals surface area contributed by atoms with Crippen LogP contribution in [0.4, 0.5) is 5.69 Å². The van der Waals surface area contributed by atoms with Crippen LogP contribution in [0.2, 0.25) is 0 Å². The predicted octanol–water partition coefficient (Wildman–Crippen LogP) is 1.91. The van der Waals surface area contributed by atoms with Gasteiger partial charge >= 0.3 is 0 Å². The maximum Gasteiger partial charge on any atom is 0.257 e. The van der Waals surface area contributed by atoms with Gasteiger partial charge in [-0.1, -0.05) is 18.2 Å². The Bertz CT molecular complexity index is 696. The molecule has 1 saturated heterocycles. The molecule has 0 aliphatic carbocycles. The molecule has 1 aromatic carbocycles. The zero-order chi connectivity index (χ0) is 16.2. The van der Waals surface area contributed by atoms with E-state index >= 15 is 0 Å². The largest absolute Gasteiger partial charge is 0.338 e. The molecular weight excluding hydrogens is 292 g/mol. The molecule has 23 heavy (non-hydrogen) atoms. The minimum Gasteiger partial charge on any atom is -0.338 e. The Morgan fingerprint density at radius 3 is 2.74 bits per heavy atom. The number of carbonyl (C=O) groups excluding carboxylic acids is 2. The molecule has 3 rings (SSSR count). The molecule has 6 heteroatoms. The van der Waals surface area contributed by atoms with Gasteiger partial charge in [-0.3, -0.25) is 14.3 Å². The van der Waals surface area contributed by atoms with Crippen molar-refractivity contribution in [3.05, 3.63) is 48.3 Å². The van der Waals surface area contributed by atoms with Gasteiger partial charge in [0, 0.05) is 32.0 Å². The summed E-state index contributed by atoms with van der Waals surface area (Å²) >= 11 is 0. The van der Waals surface area contributed by atoms with Gasteiger partial charge in [-0.25, -0.2) is 0 Å². The van der Waals surface area contributed by atoms with Crippen molar-refractivity contribution in [2.75, 3.05) is 18.4 Å². The Morgan fingerprint density at radius 2 is 2.04 bits per heavy atom. The number of aryl methyl sites for hydroxylation is 1. The van der Waals surface area contributed by atoms with E-state index in [1.54, 1.807) is 29.0 Å². The third kappa shape index (κ3) is 3.59. The number of hydrogen-bond acceptors (Lipinski definition) is 3. The highest BCUT2D eigenvalue weighted by Crippen LogP contribution is 2.20. The van der Waals surface area contributed by atoms with E-state index in [2.05, 4.69) is 10.4 Å². The number of nitrogens with zero attached hydrogens (tertiary/aromatic N) is 3. The Labute approximate surface area is 135 Å². The van der Waals surface area contributed by atoms with Crippen molar-refractivity contribution in [1.29, 1.82) is 0 Å². The monoisotopic (exact) mass is 312 g/mol. The van der Waals surface area contributed by atoms with Crippen molar-refractivity contribution in [2.24, 2.45) is 13.0 Å². The van der Waals surface area contributed by atoms with Crippen LogP contribution in [0.1, 0.15) is 23.2 Å². The molecule has 1 aliphatic heterocycles. The van der Waals surface area contributed by atoms with Crippen LogP contribution in [0.5, 0.6) is 0 Å². The number of benzene rings is 1. The quantitative estimate of drug-likeness (QED) is 0.941. The van der Waals surface area contributed by atoms with Crippen molar-refractivity contribution in [3.63, 3.8) is 0 Å². The van der Waals surface area contributed by atoms with Gasteiger partial charge in [-0.15, -0.1) is 0 Å². The van der Waals surface area contributed by atoms with E-state index in [0.29, 0.717) is 18.7 Å². The van der Waals surface area contributed by atoms with Gasteiger partial charge in [-0.05, 0) is 25.0 Å². The molecule has 2 amide bonds. The molecule has 0 bridgehead atoms. The first-order valence-corrected chi connectivity index (χ1v) is 7.77. The molecule has 0 saturated carbocycles. The molecule has 1 aliphatic rings. The Hall–Kier alpha value is -2.63. The molecule has 6 nitrogen and oxygen atoms in total. The number of likely N-dealkylation sites (tertiary alicyclic amines) is 1. The van der Waals surface area contributed by atoms with E-state index in [0.717, 1.165) is 18.5 Å². The molecule has 1 atom stereocenters. The van der Waals surface area contributed by atoms with E-state index in [9.17, 15) is 9.59 Å². The standard InChI is InChI=1S/C17H20N4O2/c1-20-11-14(10-18-20)17(23)21-9-5-6-13(12-21)16(22)19-15-7-3-2-4-8-15/h2-4,7-8,10-11,13H,5-6,9,12H2,1H3,(H,19,22)/t13-/m0/s1. The first kappa shape index (κ1) is 15.3. The average molecular weight is 312 g/mol. The number of amides is 2. The molecule has 2 heterocycles. The lowest BCUT2D eigenvalue weighted by Gasteiger charge is -2.31. The van der Waals surface area contributed by atoms with Crippen molar-refractivity contribution >= 4 is 17.5 Å². The summed E-state index contributed by atoms with van der Waals surface area (Å²) in [7, 11) is 1.78. The summed E-state index contributed by atoms with van der Waals surface area (Å²) in [6.07, 6.45) is 4.90. The van der Waals surface area contributed by atoms with E-state index < -0.39 is 0 Å². The lowest BCUT2D eigenvalue weighted by atomic mass is 9.96. The van der Waals surface area contributed by atoms with Gasteiger partial charge in [0.25, 0.3) is 5.91 Å². The second kappa shape index (κ2) is 6.64. The molecule has 1 N–H and O–H groups in total. The van der Waals surface area contributed by atoms with E-state index in [-0.39, 0.29) is 17.7 Å². The van der Waals surface area contributed by atoms with Crippen LogP contribution >= 0.6 is 0 Å². The number of carbonyl (C=O) groups is 2. The highest BCUT2D eigenvalue weighted by Gasteiger charge is 2.29. The minimum atomic E-state index is -0.176. The number of aromatic nitrogens is 2. The van der Waals surface area contributed by atoms with Crippen LogP contribution in [-0.2, 0) is 11.8 Å². The predicted molar refractivity (Wildman–Crippen MR) is 86.9 cm³/mol. The van der Waals surface area contributed by atoms with Gasteiger partial charge in [-0.2, -0.15) is 5.10 Å². The number of nitrogens with one attached hydrogen (secondary N) is 1. The number of piperidine rings is 1. The fraction of sp³-hybridized carbons (Fsp3) is 0.353. The summed E-state index contributed by atoms with van der Waals surface area (Å²) in [5.41, 5.74) is 1.35. The van der Waals surface area contributed by atoms with Crippen molar-refractivity contribution in [3.8, 4) is 0 Å². The number of hydrogen-bond donors (Lipinski definition) is 1. The SMILES string of the molecule is Cn1cc(C(=O)N2CCC[C@H](C(=O)Nc3ccccc3)C2)cn1.